The highest BCUT2D eigenvalue weighted by molar-refractivity contribution is 7.12. The van der Waals surface area contributed by atoms with Gasteiger partial charge >= 0.3 is 0 Å². The third-order valence-corrected chi connectivity index (χ3v) is 4.70. The van der Waals surface area contributed by atoms with Crippen molar-refractivity contribution < 1.29 is 19.1 Å². The van der Waals surface area contributed by atoms with Crippen LogP contribution in [0.5, 0.6) is 5.75 Å². The molecule has 0 aliphatic rings. The predicted octanol–water partition coefficient (Wildman–Crippen LogP) is 2.37. The summed E-state index contributed by atoms with van der Waals surface area (Å²) in [6, 6.07) is 20.5. The van der Waals surface area contributed by atoms with Crippen molar-refractivity contribution in [2.45, 2.75) is 0 Å². The summed E-state index contributed by atoms with van der Waals surface area (Å²) in [4.78, 5) is 36.0. The standard InChI is InChI=1S/C21H19N3O4S/c25-19(13-22-21(27)18-11-6-12-29-18)23-24-20(26)14-28-17-10-5-4-9-16(17)15-7-2-1-3-8-15/h1-12H,13-14H2,(H,22,27)(H,23,25)(H,24,26). The number of carbonyl (C=O) groups excluding carboxylic acids is 3. The molecule has 0 bridgehead atoms. The Labute approximate surface area is 171 Å². The van der Waals surface area contributed by atoms with Crippen LogP contribution in [-0.4, -0.2) is 30.9 Å². The van der Waals surface area contributed by atoms with Crippen molar-refractivity contribution in [2.75, 3.05) is 13.2 Å². The number of benzene rings is 2. The second-order valence-electron chi connectivity index (χ2n) is 5.91. The minimum atomic E-state index is -0.548. The molecule has 0 saturated heterocycles. The quantitative estimate of drug-likeness (QED) is 0.522. The van der Waals surface area contributed by atoms with E-state index >= 15 is 0 Å². The van der Waals surface area contributed by atoms with E-state index in [-0.39, 0.29) is 19.1 Å². The normalized spacial score (nSPS) is 10.1. The van der Waals surface area contributed by atoms with E-state index in [9.17, 15) is 14.4 Å². The Kier molecular flexibility index (Phi) is 6.96. The number of hydrogen-bond acceptors (Lipinski definition) is 5. The number of thiophene rings is 1. The third-order valence-electron chi connectivity index (χ3n) is 3.83. The number of carbonyl (C=O) groups is 3. The highest BCUT2D eigenvalue weighted by Gasteiger charge is 2.11. The van der Waals surface area contributed by atoms with Gasteiger partial charge in [0, 0.05) is 5.56 Å². The van der Waals surface area contributed by atoms with Gasteiger partial charge in [0.25, 0.3) is 17.7 Å². The molecule has 3 aromatic rings. The molecular formula is C21H19N3O4S. The molecule has 1 aromatic heterocycles. The number of para-hydroxylation sites is 1. The van der Waals surface area contributed by atoms with Gasteiger partial charge in [-0.1, -0.05) is 54.6 Å². The van der Waals surface area contributed by atoms with Crippen molar-refractivity contribution in [3.05, 3.63) is 77.0 Å². The van der Waals surface area contributed by atoms with Crippen molar-refractivity contribution in [1.29, 1.82) is 0 Å². The smallest absolute Gasteiger partial charge is 0.276 e. The van der Waals surface area contributed by atoms with E-state index in [1.165, 1.54) is 11.3 Å². The molecular weight excluding hydrogens is 390 g/mol. The summed E-state index contributed by atoms with van der Waals surface area (Å²) in [6.45, 7) is -0.527. The molecule has 8 heteroatoms. The van der Waals surface area contributed by atoms with Crippen LogP contribution in [-0.2, 0) is 9.59 Å². The molecule has 3 rings (SSSR count). The molecule has 0 atom stereocenters. The average Bonchev–Trinajstić information content (AvgIpc) is 3.30. The second-order valence-corrected chi connectivity index (χ2v) is 6.85. The summed E-state index contributed by atoms with van der Waals surface area (Å²) < 4.78 is 5.60. The molecule has 0 aliphatic heterocycles. The molecule has 3 amide bonds. The fraction of sp³-hybridized carbons (Fsp3) is 0.0952. The molecule has 2 aromatic carbocycles. The molecule has 0 aliphatic carbocycles. The molecule has 29 heavy (non-hydrogen) atoms. The fourth-order valence-electron chi connectivity index (χ4n) is 2.47. The summed E-state index contributed by atoms with van der Waals surface area (Å²) in [6.07, 6.45) is 0. The third kappa shape index (κ3) is 5.91. The zero-order valence-electron chi connectivity index (χ0n) is 15.4. The van der Waals surface area contributed by atoms with Crippen LogP contribution in [0.4, 0.5) is 0 Å². The molecule has 148 valence electrons. The molecule has 0 saturated carbocycles. The van der Waals surface area contributed by atoms with Gasteiger partial charge in [-0.3, -0.25) is 25.2 Å². The molecule has 0 unspecified atom stereocenters. The van der Waals surface area contributed by atoms with Crippen LogP contribution in [0.25, 0.3) is 11.1 Å². The number of nitrogens with one attached hydrogen (secondary N) is 3. The minimum Gasteiger partial charge on any atom is -0.483 e. The molecule has 0 spiro atoms. The summed E-state index contributed by atoms with van der Waals surface area (Å²) in [5.74, 6) is -0.857. The van der Waals surface area contributed by atoms with Gasteiger partial charge in [-0.2, -0.15) is 0 Å². The van der Waals surface area contributed by atoms with E-state index < -0.39 is 11.8 Å². The van der Waals surface area contributed by atoms with Crippen molar-refractivity contribution in [2.24, 2.45) is 0 Å². The van der Waals surface area contributed by atoms with Gasteiger partial charge < -0.3 is 10.1 Å². The molecule has 0 fully saturated rings. The molecule has 1 heterocycles. The van der Waals surface area contributed by atoms with E-state index in [2.05, 4.69) is 16.2 Å². The van der Waals surface area contributed by atoms with Crippen LogP contribution in [0, 0.1) is 0 Å². The highest BCUT2D eigenvalue weighted by atomic mass is 32.1. The Bertz CT molecular complexity index is 975. The zero-order chi connectivity index (χ0) is 20.5. The van der Waals surface area contributed by atoms with Gasteiger partial charge in [0.15, 0.2) is 6.61 Å². The maximum atomic E-state index is 12.0. The van der Waals surface area contributed by atoms with Crippen molar-refractivity contribution in [3.63, 3.8) is 0 Å². The maximum absolute atomic E-state index is 12.0. The number of hydrazine groups is 1. The Balaban J connectivity index is 1.44. The molecule has 7 nitrogen and oxygen atoms in total. The number of rotatable bonds is 7. The Hall–Kier alpha value is -3.65. The van der Waals surface area contributed by atoms with E-state index in [4.69, 9.17) is 4.74 Å². The second kappa shape index (κ2) is 10.0. The number of ether oxygens (including phenoxy) is 1. The van der Waals surface area contributed by atoms with Crippen LogP contribution < -0.4 is 20.9 Å². The van der Waals surface area contributed by atoms with E-state index in [1.54, 1.807) is 23.6 Å². The molecule has 3 N–H and O–H groups in total. The average molecular weight is 409 g/mol. The first-order valence-electron chi connectivity index (χ1n) is 8.80. The summed E-state index contributed by atoms with van der Waals surface area (Å²) in [5.41, 5.74) is 6.33. The van der Waals surface area contributed by atoms with Crippen LogP contribution in [0.1, 0.15) is 9.67 Å². The van der Waals surface area contributed by atoms with Gasteiger partial charge in [0.05, 0.1) is 11.4 Å². The van der Waals surface area contributed by atoms with Crippen LogP contribution in [0.2, 0.25) is 0 Å². The Morgan fingerprint density at radius 3 is 2.31 bits per heavy atom. The van der Waals surface area contributed by atoms with Crippen LogP contribution in [0.15, 0.2) is 72.1 Å². The SMILES string of the molecule is O=C(CNC(=O)c1cccs1)NNC(=O)COc1ccccc1-c1ccccc1. The van der Waals surface area contributed by atoms with Gasteiger partial charge in [0.1, 0.15) is 5.75 Å². The first kappa shape index (κ1) is 20.1. The van der Waals surface area contributed by atoms with Crippen LogP contribution >= 0.6 is 11.3 Å². The lowest BCUT2D eigenvalue weighted by molar-refractivity contribution is -0.129. The van der Waals surface area contributed by atoms with Gasteiger partial charge in [-0.15, -0.1) is 11.3 Å². The number of hydrogen-bond donors (Lipinski definition) is 3. The fourth-order valence-corrected chi connectivity index (χ4v) is 3.11. The highest BCUT2D eigenvalue weighted by Crippen LogP contribution is 2.29. The first-order chi connectivity index (χ1) is 14.1. The Morgan fingerprint density at radius 2 is 1.55 bits per heavy atom. The predicted molar refractivity (Wildman–Crippen MR) is 110 cm³/mol. The lowest BCUT2D eigenvalue weighted by Gasteiger charge is -2.12. The van der Waals surface area contributed by atoms with E-state index in [0.717, 1.165) is 11.1 Å². The van der Waals surface area contributed by atoms with Crippen molar-refractivity contribution in [3.8, 4) is 16.9 Å². The minimum absolute atomic E-state index is 0.255. The number of amides is 3. The topological polar surface area (TPSA) is 96.5 Å². The van der Waals surface area contributed by atoms with Gasteiger partial charge in [-0.05, 0) is 23.1 Å². The summed E-state index contributed by atoms with van der Waals surface area (Å²) in [5, 5.41) is 4.24. The zero-order valence-corrected chi connectivity index (χ0v) is 16.2. The lowest BCUT2D eigenvalue weighted by atomic mass is 10.1. The lowest BCUT2D eigenvalue weighted by Crippen LogP contribution is -2.47. The van der Waals surface area contributed by atoms with Gasteiger partial charge in [0.2, 0.25) is 0 Å². The molecule has 0 radical (unpaired) electrons. The van der Waals surface area contributed by atoms with E-state index in [1.807, 2.05) is 48.5 Å². The Morgan fingerprint density at radius 1 is 0.828 bits per heavy atom. The monoisotopic (exact) mass is 409 g/mol. The van der Waals surface area contributed by atoms with Crippen LogP contribution in [0.3, 0.4) is 0 Å². The van der Waals surface area contributed by atoms with Gasteiger partial charge in [-0.25, -0.2) is 0 Å². The largest absolute Gasteiger partial charge is 0.483 e. The van der Waals surface area contributed by atoms with Crippen molar-refractivity contribution in [1.82, 2.24) is 16.2 Å². The summed E-state index contributed by atoms with van der Waals surface area (Å²) >= 11 is 1.27. The summed E-state index contributed by atoms with van der Waals surface area (Å²) in [7, 11) is 0. The van der Waals surface area contributed by atoms with E-state index in [0.29, 0.717) is 10.6 Å². The first-order valence-corrected chi connectivity index (χ1v) is 9.68. The van der Waals surface area contributed by atoms with Crippen molar-refractivity contribution >= 4 is 29.1 Å². The maximum Gasteiger partial charge on any atom is 0.276 e.